The lowest BCUT2D eigenvalue weighted by molar-refractivity contribution is -0.611. The largest absolute Gasteiger partial charge is 0.618 e. The maximum absolute atomic E-state index is 14.9. The molecule has 32 heavy (non-hydrogen) atoms. The number of ether oxygens (including phenoxy) is 2. The number of aromatic nitrogens is 1. The summed E-state index contributed by atoms with van der Waals surface area (Å²) >= 11 is 0. The molecule has 4 aromatic rings. The minimum Gasteiger partial charge on any atom is -0.618 e. The van der Waals surface area contributed by atoms with E-state index in [1.165, 1.54) is 24.4 Å². The minimum atomic E-state index is -0.461. The highest BCUT2D eigenvalue weighted by Crippen LogP contribution is 2.43. The highest BCUT2D eigenvalue weighted by molar-refractivity contribution is 5.95. The SMILES string of the molecule is COc1cc(OC)cc(-c2c(-c3ccccc3F)c[n+]([O-])c(C)c2-c2ccc(F)cc2)c1. The first-order valence-corrected chi connectivity index (χ1v) is 9.94. The molecular formula is C26H21F2NO3. The normalized spacial score (nSPS) is 10.8. The van der Waals surface area contributed by atoms with Gasteiger partial charge in [0.05, 0.1) is 25.3 Å². The van der Waals surface area contributed by atoms with E-state index in [0.717, 1.165) is 0 Å². The Bertz CT molecular complexity index is 1260. The molecule has 0 saturated carbocycles. The van der Waals surface area contributed by atoms with Gasteiger partial charge in [-0.3, -0.25) is 0 Å². The zero-order chi connectivity index (χ0) is 22.8. The second-order valence-electron chi connectivity index (χ2n) is 7.29. The van der Waals surface area contributed by atoms with E-state index >= 15 is 0 Å². The third kappa shape index (κ3) is 3.87. The summed E-state index contributed by atoms with van der Waals surface area (Å²) in [5.74, 6) is 0.231. The van der Waals surface area contributed by atoms with Gasteiger partial charge in [-0.25, -0.2) is 8.78 Å². The summed E-state index contributed by atoms with van der Waals surface area (Å²) in [6, 6.07) is 17.4. The summed E-state index contributed by atoms with van der Waals surface area (Å²) in [4.78, 5) is 0. The number of nitrogens with zero attached hydrogens (tertiary/aromatic N) is 1. The number of halogens is 2. The third-order valence-electron chi connectivity index (χ3n) is 5.40. The summed E-state index contributed by atoms with van der Waals surface area (Å²) in [6.45, 7) is 1.68. The van der Waals surface area contributed by atoms with Crippen molar-refractivity contribution < 1.29 is 23.0 Å². The molecule has 0 amide bonds. The molecule has 0 bridgehead atoms. The van der Waals surface area contributed by atoms with Gasteiger partial charge < -0.3 is 14.7 Å². The molecule has 162 valence electrons. The Morgan fingerprint density at radius 1 is 0.750 bits per heavy atom. The fraction of sp³-hybridized carbons (Fsp3) is 0.115. The van der Waals surface area contributed by atoms with E-state index < -0.39 is 11.6 Å². The first-order chi connectivity index (χ1) is 15.4. The van der Waals surface area contributed by atoms with Gasteiger partial charge in [0.25, 0.3) is 0 Å². The maximum Gasteiger partial charge on any atom is 0.198 e. The van der Waals surface area contributed by atoms with Crippen LogP contribution in [0.2, 0.25) is 0 Å². The molecule has 0 atom stereocenters. The average Bonchev–Trinajstić information content (AvgIpc) is 2.81. The van der Waals surface area contributed by atoms with Gasteiger partial charge in [0, 0.05) is 24.1 Å². The van der Waals surface area contributed by atoms with E-state index in [1.54, 1.807) is 69.7 Å². The number of hydrogen-bond donors (Lipinski definition) is 0. The Morgan fingerprint density at radius 3 is 1.97 bits per heavy atom. The predicted octanol–water partition coefficient (Wildman–Crippen LogP) is 5.92. The van der Waals surface area contributed by atoms with Crippen LogP contribution in [0.25, 0.3) is 33.4 Å². The van der Waals surface area contributed by atoms with Crippen LogP contribution in [0, 0.1) is 23.8 Å². The van der Waals surface area contributed by atoms with Crippen LogP contribution in [0.1, 0.15) is 5.69 Å². The van der Waals surface area contributed by atoms with Crippen molar-refractivity contribution in [3.63, 3.8) is 0 Å². The van der Waals surface area contributed by atoms with E-state index in [2.05, 4.69) is 0 Å². The number of rotatable bonds is 5. The van der Waals surface area contributed by atoms with E-state index in [0.29, 0.717) is 49.7 Å². The van der Waals surface area contributed by atoms with Gasteiger partial charge in [-0.1, -0.05) is 30.3 Å². The van der Waals surface area contributed by atoms with Gasteiger partial charge >= 0.3 is 0 Å². The molecule has 0 aliphatic carbocycles. The quantitative estimate of drug-likeness (QED) is 0.290. The molecule has 4 nitrogen and oxygen atoms in total. The second-order valence-corrected chi connectivity index (χ2v) is 7.29. The Morgan fingerprint density at radius 2 is 1.38 bits per heavy atom. The monoisotopic (exact) mass is 433 g/mol. The number of methoxy groups -OCH3 is 2. The van der Waals surface area contributed by atoms with E-state index in [-0.39, 0.29) is 5.56 Å². The van der Waals surface area contributed by atoms with Crippen molar-refractivity contribution in [2.45, 2.75) is 6.92 Å². The van der Waals surface area contributed by atoms with E-state index in [4.69, 9.17) is 9.47 Å². The molecule has 0 spiro atoms. The van der Waals surface area contributed by atoms with Crippen molar-refractivity contribution in [2.24, 2.45) is 0 Å². The zero-order valence-electron chi connectivity index (χ0n) is 17.9. The van der Waals surface area contributed by atoms with Crippen LogP contribution < -0.4 is 14.2 Å². The van der Waals surface area contributed by atoms with Crippen molar-refractivity contribution in [3.8, 4) is 44.9 Å². The molecule has 6 heteroatoms. The van der Waals surface area contributed by atoms with Gasteiger partial charge in [0.1, 0.15) is 23.1 Å². The highest BCUT2D eigenvalue weighted by Gasteiger charge is 2.25. The maximum atomic E-state index is 14.9. The Balaban J connectivity index is 2.16. The van der Waals surface area contributed by atoms with Crippen LogP contribution in [0.15, 0.2) is 72.9 Å². The molecule has 1 heterocycles. The summed E-state index contributed by atoms with van der Waals surface area (Å²) in [7, 11) is 3.08. The van der Waals surface area contributed by atoms with Gasteiger partial charge in [-0.05, 0) is 41.5 Å². The zero-order valence-corrected chi connectivity index (χ0v) is 17.9. The molecule has 0 fully saturated rings. The highest BCUT2D eigenvalue weighted by atomic mass is 19.1. The number of hydrogen-bond acceptors (Lipinski definition) is 3. The Labute approximate surface area is 184 Å². The van der Waals surface area contributed by atoms with Crippen molar-refractivity contribution >= 4 is 0 Å². The van der Waals surface area contributed by atoms with Crippen molar-refractivity contribution in [1.82, 2.24) is 0 Å². The van der Waals surface area contributed by atoms with E-state index in [1.807, 2.05) is 0 Å². The minimum absolute atomic E-state index is 0.275. The van der Waals surface area contributed by atoms with Crippen molar-refractivity contribution in [3.05, 3.63) is 95.5 Å². The molecule has 0 saturated heterocycles. The Kier molecular flexibility index (Phi) is 5.77. The van der Waals surface area contributed by atoms with Crippen LogP contribution in [0.5, 0.6) is 11.5 Å². The second kappa shape index (κ2) is 8.67. The molecule has 3 aromatic carbocycles. The van der Waals surface area contributed by atoms with E-state index in [9.17, 15) is 14.0 Å². The standard InChI is InChI=1S/C26H21F2NO3/c1-16-25(17-8-10-19(27)11-9-17)26(18-12-20(31-2)14-21(13-18)32-3)23(15-29(16)30)22-6-4-5-7-24(22)28/h4-15H,1-3H3. The van der Waals surface area contributed by atoms with Crippen LogP contribution in [-0.4, -0.2) is 14.2 Å². The van der Waals surface area contributed by atoms with Crippen LogP contribution in [-0.2, 0) is 0 Å². The molecule has 0 aliphatic heterocycles. The number of benzene rings is 3. The molecule has 1 aromatic heterocycles. The smallest absolute Gasteiger partial charge is 0.198 e. The number of pyridine rings is 1. The van der Waals surface area contributed by atoms with Gasteiger partial charge in [0.15, 0.2) is 11.9 Å². The molecule has 0 radical (unpaired) electrons. The fourth-order valence-electron chi connectivity index (χ4n) is 3.81. The van der Waals surface area contributed by atoms with Crippen LogP contribution in [0.4, 0.5) is 8.78 Å². The van der Waals surface area contributed by atoms with Crippen LogP contribution in [0.3, 0.4) is 0 Å². The Hall–Kier alpha value is -3.93. The molecule has 4 rings (SSSR count). The van der Waals surface area contributed by atoms with Crippen molar-refractivity contribution in [2.75, 3.05) is 14.2 Å². The molecule has 0 N–H and O–H groups in total. The summed E-state index contributed by atoms with van der Waals surface area (Å²) in [5, 5.41) is 12.9. The fourth-order valence-corrected chi connectivity index (χ4v) is 3.81. The summed E-state index contributed by atoms with van der Waals surface area (Å²) < 4.78 is 40.1. The van der Waals surface area contributed by atoms with Gasteiger partial charge in [-0.15, -0.1) is 0 Å². The lowest BCUT2D eigenvalue weighted by Gasteiger charge is -2.19. The first-order valence-electron chi connectivity index (χ1n) is 9.94. The molecule has 0 unspecified atom stereocenters. The van der Waals surface area contributed by atoms with Crippen LogP contribution >= 0.6 is 0 Å². The van der Waals surface area contributed by atoms with Gasteiger partial charge in [-0.2, -0.15) is 4.73 Å². The topological polar surface area (TPSA) is 45.4 Å². The predicted molar refractivity (Wildman–Crippen MR) is 119 cm³/mol. The lowest BCUT2D eigenvalue weighted by atomic mass is 9.87. The summed E-state index contributed by atoms with van der Waals surface area (Å²) in [6.07, 6.45) is 1.36. The molecular weight excluding hydrogens is 412 g/mol. The molecule has 0 aliphatic rings. The van der Waals surface area contributed by atoms with Crippen molar-refractivity contribution in [1.29, 1.82) is 0 Å². The summed E-state index contributed by atoms with van der Waals surface area (Å²) in [5.41, 5.74) is 3.55. The lowest BCUT2D eigenvalue weighted by Crippen LogP contribution is -2.31. The van der Waals surface area contributed by atoms with Gasteiger partial charge in [0.2, 0.25) is 0 Å². The third-order valence-corrected chi connectivity index (χ3v) is 5.40. The first kappa shape index (κ1) is 21.3. The average molecular weight is 433 g/mol.